The number of amides is 1. The fourth-order valence-corrected chi connectivity index (χ4v) is 2.41. The van der Waals surface area contributed by atoms with Crippen molar-refractivity contribution in [2.24, 2.45) is 0 Å². The number of aryl methyl sites for hydroxylation is 1. The van der Waals surface area contributed by atoms with E-state index in [-0.39, 0.29) is 5.91 Å². The standard InChI is InChI=1S/C15H15N3O2S/c1-10-9-21-14(18-10)8-17-15(19)11(2)20-13-6-4-3-5-12(13)7-16/h3-6,9,11H,8H2,1-2H3,(H,17,19). The average Bonchev–Trinajstić information content (AvgIpc) is 2.91. The van der Waals surface area contributed by atoms with Crippen molar-refractivity contribution in [3.05, 3.63) is 45.9 Å². The number of benzene rings is 1. The third-order valence-corrected chi connectivity index (χ3v) is 3.73. The normalized spacial score (nSPS) is 11.5. The van der Waals surface area contributed by atoms with Gasteiger partial charge in [-0.15, -0.1) is 11.3 Å². The number of carbonyl (C=O) groups is 1. The van der Waals surface area contributed by atoms with Gasteiger partial charge in [0.1, 0.15) is 16.8 Å². The number of carbonyl (C=O) groups excluding carboxylic acids is 1. The highest BCUT2D eigenvalue weighted by Crippen LogP contribution is 2.18. The molecule has 0 radical (unpaired) electrons. The van der Waals surface area contributed by atoms with Crippen molar-refractivity contribution in [2.45, 2.75) is 26.5 Å². The van der Waals surface area contributed by atoms with Crippen molar-refractivity contribution in [3.8, 4) is 11.8 Å². The second-order valence-electron chi connectivity index (χ2n) is 4.47. The van der Waals surface area contributed by atoms with Gasteiger partial charge in [0.05, 0.1) is 12.1 Å². The Morgan fingerprint density at radius 2 is 2.29 bits per heavy atom. The highest BCUT2D eigenvalue weighted by atomic mass is 32.1. The first-order valence-electron chi connectivity index (χ1n) is 6.44. The highest BCUT2D eigenvalue weighted by molar-refractivity contribution is 7.09. The molecule has 6 heteroatoms. The van der Waals surface area contributed by atoms with E-state index in [4.69, 9.17) is 10.00 Å². The van der Waals surface area contributed by atoms with Crippen LogP contribution < -0.4 is 10.1 Å². The number of para-hydroxylation sites is 1. The Kier molecular flexibility index (Phi) is 4.90. The van der Waals surface area contributed by atoms with Crippen LogP contribution in [0.25, 0.3) is 0 Å². The first-order chi connectivity index (χ1) is 10.1. The van der Waals surface area contributed by atoms with E-state index in [2.05, 4.69) is 10.3 Å². The maximum atomic E-state index is 12.0. The Morgan fingerprint density at radius 3 is 2.95 bits per heavy atom. The van der Waals surface area contributed by atoms with Crippen molar-refractivity contribution in [1.82, 2.24) is 10.3 Å². The van der Waals surface area contributed by atoms with Gasteiger partial charge in [-0.2, -0.15) is 5.26 Å². The van der Waals surface area contributed by atoms with E-state index in [0.29, 0.717) is 17.9 Å². The summed E-state index contributed by atoms with van der Waals surface area (Å²) in [6.45, 7) is 3.94. The van der Waals surface area contributed by atoms with Gasteiger partial charge in [0.15, 0.2) is 6.10 Å². The molecule has 1 amide bonds. The second kappa shape index (κ2) is 6.86. The van der Waals surface area contributed by atoms with Gasteiger partial charge in [-0.1, -0.05) is 12.1 Å². The quantitative estimate of drug-likeness (QED) is 0.920. The van der Waals surface area contributed by atoms with E-state index in [0.717, 1.165) is 10.7 Å². The number of aromatic nitrogens is 1. The van der Waals surface area contributed by atoms with E-state index < -0.39 is 6.10 Å². The minimum absolute atomic E-state index is 0.240. The van der Waals surface area contributed by atoms with Crippen LogP contribution in [0.3, 0.4) is 0 Å². The largest absolute Gasteiger partial charge is 0.480 e. The summed E-state index contributed by atoms with van der Waals surface area (Å²) in [5.41, 5.74) is 1.35. The van der Waals surface area contributed by atoms with Crippen LogP contribution in [-0.4, -0.2) is 17.0 Å². The van der Waals surface area contributed by atoms with Gasteiger partial charge < -0.3 is 10.1 Å². The lowest BCUT2D eigenvalue weighted by Gasteiger charge is -2.15. The number of rotatable bonds is 5. The number of nitriles is 1. The zero-order valence-electron chi connectivity index (χ0n) is 11.8. The zero-order valence-corrected chi connectivity index (χ0v) is 12.6. The van der Waals surface area contributed by atoms with Gasteiger partial charge in [-0.3, -0.25) is 4.79 Å². The van der Waals surface area contributed by atoms with Crippen LogP contribution >= 0.6 is 11.3 Å². The van der Waals surface area contributed by atoms with Crippen LogP contribution in [0.2, 0.25) is 0 Å². The molecular weight excluding hydrogens is 286 g/mol. The molecular formula is C15H15N3O2S. The minimum atomic E-state index is -0.680. The summed E-state index contributed by atoms with van der Waals surface area (Å²) in [4.78, 5) is 16.3. The van der Waals surface area contributed by atoms with Crippen LogP contribution in [0, 0.1) is 18.3 Å². The molecule has 21 heavy (non-hydrogen) atoms. The number of hydrogen-bond acceptors (Lipinski definition) is 5. The molecule has 0 aliphatic heterocycles. The molecule has 1 N–H and O–H groups in total. The monoisotopic (exact) mass is 301 g/mol. The summed E-state index contributed by atoms with van der Waals surface area (Å²) in [6.07, 6.45) is -0.680. The number of nitrogens with zero attached hydrogens (tertiary/aromatic N) is 2. The molecule has 0 aliphatic rings. The SMILES string of the molecule is Cc1csc(CNC(=O)C(C)Oc2ccccc2C#N)n1. The molecule has 0 saturated heterocycles. The third kappa shape index (κ3) is 4.04. The molecule has 1 aromatic heterocycles. The molecule has 0 fully saturated rings. The summed E-state index contributed by atoms with van der Waals surface area (Å²) in [5.74, 6) is 0.170. The van der Waals surface area contributed by atoms with Crippen molar-refractivity contribution >= 4 is 17.2 Å². The van der Waals surface area contributed by atoms with Gasteiger partial charge in [0, 0.05) is 11.1 Å². The summed E-state index contributed by atoms with van der Waals surface area (Å²) >= 11 is 1.50. The smallest absolute Gasteiger partial charge is 0.261 e. The fraction of sp³-hybridized carbons (Fsp3) is 0.267. The Bertz CT molecular complexity index is 676. The Hall–Kier alpha value is -2.39. The highest BCUT2D eigenvalue weighted by Gasteiger charge is 2.16. The summed E-state index contributed by atoms with van der Waals surface area (Å²) in [5, 5.41) is 14.5. The number of nitrogens with one attached hydrogen (secondary N) is 1. The van der Waals surface area contributed by atoms with Crippen molar-refractivity contribution < 1.29 is 9.53 Å². The van der Waals surface area contributed by atoms with Crippen molar-refractivity contribution in [3.63, 3.8) is 0 Å². The first-order valence-corrected chi connectivity index (χ1v) is 7.32. The lowest BCUT2D eigenvalue weighted by molar-refractivity contribution is -0.127. The summed E-state index contributed by atoms with van der Waals surface area (Å²) in [7, 11) is 0. The molecule has 2 rings (SSSR count). The molecule has 108 valence electrons. The van der Waals surface area contributed by atoms with Crippen LogP contribution in [0.1, 0.15) is 23.2 Å². The van der Waals surface area contributed by atoms with Crippen LogP contribution in [0.5, 0.6) is 5.75 Å². The summed E-state index contributed by atoms with van der Waals surface area (Å²) < 4.78 is 5.54. The van der Waals surface area contributed by atoms with E-state index >= 15 is 0 Å². The first kappa shape index (κ1) is 15.0. The lowest BCUT2D eigenvalue weighted by atomic mass is 10.2. The fourth-order valence-electron chi connectivity index (χ4n) is 1.70. The number of thiazole rings is 1. The average molecular weight is 301 g/mol. The maximum absolute atomic E-state index is 12.0. The van der Waals surface area contributed by atoms with Crippen molar-refractivity contribution in [1.29, 1.82) is 5.26 Å². The van der Waals surface area contributed by atoms with Crippen molar-refractivity contribution in [2.75, 3.05) is 0 Å². The van der Waals surface area contributed by atoms with Gasteiger partial charge in [0.2, 0.25) is 0 Å². The van der Waals surface area contributed by atoms with Crippen LogP contribution in [0.4, 0.5) is 0 Å². The van der Waals surface area contributed by atoms with Crippen LogP contribution in [-0.2, 0) is 11.3 Å². The molecule has 1 aromatic carbocycles. The van der Waals surface area contributed by atoms with E-state index in [1.54, 1.807) is 31.2 Å². The second-order valence-corrected chi connectivity index (χ2v) is 5.41. The predicted molar refractivity (Wildman–Crippen MR) is 79.9 cm³/mol. The minimum Gasteiger partial charge on any atom is -0.480 e. The van der Waals surface area contributed by atoms with Gasteiger partial charge >= 0.3 is 0 Å². The molecule has 1 unspecified atom stereocenters. The molecule has 1 atom stereocenters. The number of ether oxygens (including phenoxy) is 1. The van der Waals surface area contributed by atoms with E-state index in [9.17, 15) is 4.79 Å². The van der Waals surface area contributed by atoms with Gasteiger partial charge in [-0.05, 0) is 26.0 Å². The number of hydrogen-bond donors (Lipinski definition) is 1. The molecule has 0 spiro atoms. The molecule has 0 aliphatic carbocycles. The Labute approximate surface area is 127 Å². The summed E-state index contributed by atoms with van der Waals surface area (Å²) in [6, 6.07) is 8.87. The molecule has 1 heterocycles. The van der Waals surface area contributed by atoms with Crippen LogP contribution in [0.15, 0.2) is 29.6 Å². The predicted octanol–water partition coefficient (Wildman–Crippen LogP) is 2.41. The topological polar surface area (TPSA) is 75.0 Å². The van der Waals surface area contributed by atoms with Gasteiger partial charge in [0.25, 0.3) is 5.91 Å². The zero-order chi connectivity index (χ0) is 15.2. The third-order valence-electron chi connectivity index (χ3n) is 2.76. The molecule has 2 aromatic rings. The Balaban J connectivity index is 1.92. The van der Waals surface area contributed by atoms with Gasteiger partial charge in [-0.25, -0.2) is 4.98 Å². The van der Waals surface area contributed by atoms with E-state index in [1.807, 2.05) is 18.4 Å². The Morgan fingerprint density at radius 1 is 1.52 bits per heavy atom. The lowest BCUT2D eigenvalue weighted by Crippen LogP contribution is -2.36. The molecule has 5 nitrogen and oxygen atoms in total. The molecule has 0 bridgehead atoms. The van der Waals surface area contributed by atoms with E-state index in [1.165, 1.54) is 11.3 Å². The maximum Gasteiger partial charge on any atom is 0.261 e. The molecule has 0 saturated carbocycles.